The Morgan fingerprint density at radius 1 is 0.972 bits per heavy atom. The average Bonchev–Trinajstić information content (AvgIpc) is 3.30. The summed E-state index contributed by atoms with van der Waals surface area (Å²) in [5, 5.41) is 10.4. The quantitative estimate of drug-likeness (QED) is 0.555. The van der Waals surface area contributed by atoms with Gasteiger partial charge in [0.1, 0.15) is 5.69 Å². The molecule has 1 aromatic heterocycles. The Bertz CT molecular complexity index is 1330. The number of carbonyl (C=O) groups excluding carboxylic acids is 2. The van der Waals surface area contributed by atoms with Crippen molar-refractivity contribution in [2.75, 3.05) is 39.0 Å². The van der Waals surface area contributed by atoms with Crippen LogP contribution in [0.4, 0.5) is 5.95 Å². The fourth-order valence-corrected chi connectivity index (χ4v) is 4.88. The molecule has 0 saturated carbocycles. The summed E-state index contributed by atoms with van der Waals surface area (Å²) in [6, 6.07) is 12.7. The Morgan fingerprint density at radius 2 is 1.64 bits per heavy atom. The van der Waals surface area contributed by atoms with Gasteiger partial charge in [-0.25, -0.2) is 9.97 Å². The van der Waals surface area contributed by atoms with Crippen LogP contribution in [-0.4, -0.2) is 80.8 Å². The number of carboxylic acids is 1. The number of nitrogens with zero attached hydrogens (tertiary/aromatic N) is 5. The summed E-state index contributed by atoms with van der Waals surface area (Å²) in [5.74, 6) is -2.69. The van der Waals surface area contributed by atoms with Gasteiger partial charge < -0.3 is 25.5 Å². The number of hydrogen-bond acceptors (Lipinski definition) is 7. The molecule has 2 amide bonds. The Kier molecular flexibility index (Phi) is 6.27. The molecule has 5 rings (SSSR count). The summed E-state index contributed by atoms with van der Waals surface area (Å²) < 4.78 is 0. The molecule has 1 atom stereocenters. The van der Waals surface area contributed by atoms with Crippen molar-refractivity contribution in [2.45, 2.75) is 25.4 Å². The molecule has 186 valence electrons. The molecule has 10 heteroatoms. The molecule has 1 saturated heterocycles. The first-order valence-corrected chi connectivity index (χ1v) is 11.9. The maximum atomic E-state index is 13.5. The van der Waals surface area contributed by atoms with Crippen molar-refractivity contribution in [3.63, 3.8) is 0 Å². The zero-order valence-electron chi connectivity index (χ0n) is 20.1. The number of aromatic nitrogens is 2. The molecule has 0 bridgehead atoms. The highest BCUT2D eigenvalue weighted by molar-refractivity contribution is 6.05. The molecule has 1 fully saturated rings. The normalized spacial score (nSPS) is 16.7. The fraction of sp³-hybridized carbons (Fsp3) is 0.346. The Balaban J connectivity index is 1.45. The van der Waals surface area contributed by atoms with Crippen molar-refractivity contribution in [2.24, 2.45) is 0 Å². The molecule has 2 aromatic carbocycles. The minimum absolute atomic E-state index is 0.0321. The van der Waals surface area contributed by atoms with Crippen LogP contribution in [0.15, 0.2) is 42.5 Å². The maximum absolute atomic E-state index is 13.5. The van der Waals surface area contributed by atoms with E-state index < -0.39 is 11.9 Å². The second kappa shape index (κ2) is 9.54. The van der Waals surface area contributed by atoms with Crippen LogP contribution in [0.25, 0.3) is 10.9 Å². The number of anilines is 1. The number of fused-ring (bicyclic) bond motifs is 2. The molecule has 36 heavy (non-hydrogen) atoms. The SMILES string of the molecule is CN1CCN(C(=O)CC(C(=O)O)c2ccc3nc(N)nc(C(=O)N4Cc5ccccc5C4)c3c2)CC1. The molecule has 3 aromatic rings. The van der Waals surface area contributed by atoms with E-state index in [1.54, 1.807) is 28.0 Å². The zero-order valence-corrected chi connectivity index (χ0v) is 20.1. The van der Waals surface area contributed by atoms with Crippen molar-refractivity contribution in [1.82, 2.24) is 24.7 Å². The molecule has 0 radical (unpaired) electrons. The van der Waals surface area contributed by atoms with Crippen LogP contribution in [0.1, 0.15) is 39.5 Å². The first-order valence-electron chi connectivity index (χ1n) is 11.9. The highest BCUT2D eigenvalue weighted by Gasteiger charge is 2.30. The van der Waals surface area contributed by atoms with E-state index in [9.17, 15) is 19.5 Å². The number of nitrogen functional groups attached to an aromatic ring is 1. The minimum Gasteiger partial charge on any atom is -0.481 e. The monoisotopic (exact) mass is 488 g/mol. The second-order valence-corrected chi connectivity index (χ2v) is 9.42. The van der Waals surface area contributed by atoms with Gasteiger partial charge in [-0.1, -0.05) is 30.3 Å². The summed E-state index contributed by atoms with van der Waals surface area (Å²) in [4.78, 5) is 52.6. The topological polar surface area (TPSA) is 133 Å². The third-order valence-electron chi connectivity index (χ3n) is 7.00. The van der Waals surface area contributed by atoms with E-state index in [-0.39, 0.29) is 29.9 Å². The maximum Gasteiger partial charge on any atom is 0.311 e. The van der Waals surface area contributed by atoms with Crippen LogP contribution < -0.4 is 5.73 Å². The molecule has 2 aliphatic rings. The van der Waals surface area contributed by atoms with Gasteiger partial charge in [-0.15, -0.1) is 0 Å². The van der Waals surface area contributed by atoms with Gasteiger partial charge in [0.15, 0.2) is 0 Å². The molecule has 3 N–H and O–H groups in total. The summed E-state index contributed by atoms with van der Waals surface area (Å²) in [5.41, 5.74) is 9.05. The number of piperazine rings is 1. The summed E-state index contributed by atoms with van der Waals surface area (Å²) in [6.45, 7) is 3.57. The molecule has 10 nitrogen and oxygen atoms in total. The molecular weight excluding hydrogens is 460 g/mol. The number of amides is 2. The van der Waals surface area contributed by atoms with Crippen LogP contribution in [0.3, 0.4) is 0 Å². The second-order valence-electron chi connectivity index (χ2n) is 9.42. The van der Waals surface area contributed by atoms with E-state index in [4.69, 9.17) is 5.73 Å². The van der Waals surface area contributed by atoms with Crippen molar-refractivity contribution >= 4 is 34.6 Å². The predicted molar refractivity (Wildman–Crippen MR) is 133 cm³/mol. The third-order valence-corrected chi connectivity index (χ3v) is 7.00. The van der Waals surface area contributed by atoms with Crippen molar-refractivity contribution in [3.05, 3.63) is 64.8 Å². The van der Waals surface area contributed by atoms with E-state index in [1.807, 2.05) is 31.3 Å². The van der Waals surface area contributed by atoms with Gasteiger partial charge in [0.05, 0.1) is 11.4 Å². The molecule has 0 aliphatic carbocycles. The summed E-state index contributed by atoms with van der Waals surface area (Å²) in [6.07, 6.45) is -0.162. The van der Waals surface area contributed by atoms with Crippen molar-refractivity contribution in [3.8, 4) is 0 Å². The fourth-order valence-electron chi connectivity index (χ4n) is 4.88. The number of hydrogen-bond donors (Lipinski definition) is 2. The van der Waals surface area contributed by atoms with Crippen molar-refractivity contribution < 1.29 is 19.5 Å². The molecule has 0 spiro atoms. The Hall–Kier alpha value is -4.05. The van der Waals surface area contributed by atoms with Gasteiger partial charge in [0, 0.05) is 51.1 Å². The van der Waals surface area contributed by atoms with Crippen molar-refractivity contribution in [1.29, 1.82) is 0 Å². The minimum atomic E-state index is -1.10. The van der Waals surface area contributed by atoms with Crippen LogP contribution in [0, 0.1) is 0 Å². The lowest BCUT2D eigenvalue weighted by atomic mass is 9.93. The lowest BCUT2D eigenvalue weighted by molar-refractivity contribution is -0.143. The molecule has 3 heterocycles. The number of benzene rings is 2. The van der Waals surface area contributed by atoms with E-state index in [1.165, 1.54) is 0 Å². The number of carbonyl (C=O) groups is 3. The van der Waals surface area contributed by atoms with Gasteiger partial charge in [-0.3, -0.25) is 14.4 Å². The standard InChI is InChI=1S/C26H28N6O4/c1-30-8-10-31(11-9-30)22(33)13-19(25(35)36)16-6-7-21-20(12-16)23(29-26(27)28-21)24(34)32-14-17-4-2-3-5-18(17)15-32/h2-7,12,19H,8-11,13-15H2,1H3,(H,35,36)(H2,27,28,29). The highest BCUT2D eigenvalue weighted by atomic mass is 16.4. The first-order chi connectivity index (χ1) is 17.3. The Labute approximate surface area is 208 Å². The van der Waals surface area contributed by atoms with Gasteiger partial charge in [-0.05, 0) is 35.9 Å². The van der Waals surface area contributed by atoms with Gasteiger partial charge in [-0.2, -0.15) is 0 Å². The molecule has 1 unspecified atom stereocenters. The van der Waals surface area contributed by atoms with E-state index in [2.05, 4.69) is 14.9 Å². The number of rotatable bonds is 5. The number of likely N-dealkylation sites (N-methyl/N-ethyl adjacent to an activating group) is 1. The smallest absolute Gasteiger partial charge is 0.311 e. The predicted octanol–water partition coefficient (Wildman–Crippen LogP) is 1.70. The van der Waals surface area contributed by atoms with Crippen LogP contribution in [0.5, 0.6) is 0 Å². The van der Waals surface area contributed by atoms with Crippen LogP contribution in [-0.2, 0) is 22.7 Å². The summed E-state index contributed by atoms with van der Waals surface area (Å²) >= 11 is 0. The largest absolute Gasteiger partial charge is 0.481 e. The Morgan fingerprint density at radius 3 is 2.28 bits per heavy atom. The number of aliphatic carboxylic acids is 1. The van der Waals surface area contributed by atoms with Gasteiger partial charge in [0.2, 0.25) is 11.9 Å². The van der Waals surface area contributed by atoms with E-state index in [0.29, 0.717) is 42.6 Å². The number of carboxylic acid groups (broad SMARTS) is 1. The summed E-state index contributed by atoms with van der Waals surface area (Å²) in [7, 11) is 1.99. The lowest BCUT2D eigenvalue weighted by Crippen LogP contribution is -2.47. The third kappa shape index (κ3) is 4.59. The van der Waals surface area contributed by atoms with E-state index >= 15 is 0 Å². The molecular formula is C26H28N6O4. The lowest BCUT2D eigenvalue weighted by Gasteiger charge is -2.33. The van der Waals surface area contributed by atoms with Gasteiger partial charge >= 0.3 is 5.97 Å². The molecule has 2 aliphatic heterocycles. The highest BCUT2D eigenvalue weighted by Crippen LogP contribution is 2.29. The average molecular weight is 489 g/mol. The zero-order chi connectivity index (χ0) is 25.4. The number of nitrogens with two attached hydrogens (primary N) is 1. The van der Waals surface area contributed by atoms with Crippen LogP contribution >= 0.6 is 0 Å². The first kappa shape index (κ1) is 23.7. The van der Waals surface area contributed by atoms with Gasteiger partial charge in [0.25, 0.3) is 5.91 Å². The van der Waals surface area contributed by atoms with Crippen LogP contribution in [0.2, 0.25) is 0 Å². The van der Waals surface area contributed by atoms with E-state index in [0.717, 1.165) is 24.2 Å².